The van der Waals surface area contributed by atoms with Crippen molar-refractivity contribution in [1.29, 1.82) is 0 Å². The summed E-state index contributed by atoms with van der Waals surface area (Å²) in [5, 5.41) is 9.49. The Labute approximate surface area is 157 Å². The van der Waals surface area contributed by atoms with Crippen molar-refractivity contribution >= 4 is 23.5 Å². The third-order valence-corrected chi connectivity index (χ3v) is 4.88. The molecule has 1 aromatic carbocycles. The van der Waals surface area contributed by atoms with E-state index in [4.69, 9.17) is 26.2 Å². The zero-order valence-electron chi connectivity index (χ0n) is 14.7. The Kier molecular flexibility index (Phi) is 6.01. The van der Waals surface area contributed by atoms with Crippen molar-refractivity contribution in [3.8, 4) is 5.75 Å². The number of hydrogen-bond donors (Lipinski definition) is 1. The van der Waals surface area contributed by atoms with Gasteiger partial charge < -0.3 is 19.5 Å². The molecule has 3 rings (SSSR count). The zero-order chi connectivity index (χ0) is 18.7. The van der Waals surface area contributed by atoms with E-state index in [1.165, 1.54) is 0 Å². The van der Waals surface area contributed by atoms with E-state index in [-0.39, 0.29) is 24.5 Å². The minimum atomic E-state index is -0.882. The SMILES string of the molecule is CN(CC(=O)O)C[C@H]1CN(C(=O)[C@H]2COc3ccc(Cl)cc3C2)CCO1. The Bertz CT molecular complexity index is 684. The minimum absolute atomic E-state index is 0.0461. The lowest BCUT2D eigenvalue weighted by atomic mass is 9.95. The summed E-state index contributed by atoms with van der Waals surface area (Å²) in [6, 6.07) is 5.46. The lowest BCUT2D eigenvalue weighted by Gasteiger charge is -2.37. The molecule has 142 valence electrons. The molecule has 0 aromatic heterocycles. The van der Waals surface area contributed by atoms with Gasteiger partial charge >= 0.3 is 5.97 Å². The van der Waals surface area contributed by atoms with Crippen molar-refractivity contribution in [1.82, 2.24) is 9.80 Å². The third kappa shape index (κ3) is 4.66. The van der Waals surface area contributed by atoms with Gasteiger partial charge in [0.25, 0.3) is 0 Å². The first-order valence-electron chi connectivity index (χ1n) is 8.64. The summed E-state index contributed by atoms with van der Waals surface area (Å²) < 4.78 is 11.4. The Morgan fingerprint density at radius 2 is 2.23 bits per heavy atom. The Balaban J connectivity index is 1.58. The van der Waals surface area contributed by atoms with Gasteiger partial charge in [0.1, 0.15) is 12.4 Å². The second kappa shape index (κ2) is 8.24. The standard InChI is InChI=1S/C18H23ClN2O5/c1-20(10-17(22)23)8-15-9-21(4-5-25-15)18(24)13-6-12-7-14(19)2-3-16(12)26-11-13/h2-3,7,13,15H,4-6,8-11H2,1H3,(H,22,23)/t13-,15+/m1/s1. The van der Waals surface area contributed by atoms with Crippen LogP contribution in [0.25, 0.3) is 0 Å². The average Bonchev–Trinajstić information content (AvgIpc) is 2.60. The van der Waals surface area contributed by atoms with Crippen LogP contribution >= 0.6 is 11.6 Å². The van der Waals surface area contributed by atoms with Crippen molar-refractivity contribution in [2.75, 3.05) is 46.4 Å². The molecular weight excluding hydrogens is 360 g/mol. The highest BCUT2D eigenvalue weighted by Crippen LogP contribution is 2.30. The Hall–Kier alpha value is -1.83. The number of rotatable bonds is 5. The second-order valence-corrected chi connectivity index (χ2v) is 7.27. The van der Waals surface area contributed by atoms with E-state index < -0.39 is 5.97 Å². The van der Waals surface area contributed by atoms with Gasteiger partial charge in [0.15, 0.2) is 0 Å². The van der Waals surface area contributed by atoms with Crippen LogP contribution in [0.2, 0.25) is 5.02 Å². The minimum Gasteiger partial charge on any atom is -0.492 e. The molecule has 0 radical (unpaired) electrons. The number of ether oxygens (including phenoxy) is 2. The smallest absolute Gasteiger partial charge is 0.317 e. The number of carboxylic acid groups (broad SMARTS) is 1. The predicted molar refractivity (Wildman–Crippen MR) is 95.6 cm³/mol. The number of halogens is 1. The fourth-order valence-corrected chi connectivity index (χ4v) is 3.65. The highest BCUT2D eigenvalue weighted by atomic mass is 35.5. The van der Waals surface area contributed by atoms with Gasteiger partial charge in [-0.3, -0.25) is 14.5 Å². The highest BCUT2D eigenvalue weighted by molar-refractivity contribution is 6.30. The van der Waals surface area contributed by atoms with E-state index in [1.54, 1.807) is 22.9 Å². The van der Waals surface area contributed by atoms with Crippen LogP contribution in [-0.4, -0.2) is 79.3 Å². The van der Waals surface area contributed by atoms with Gasteiger partial charge in [-0.15, -0.1) is 0 Å². The summed E-state index contributed by atoms with van der Waals surface area (Å²) in [7, 11) is 1.73. The molecule has 7 nitrogen and oxygen atoms in total. The van der Waals surface area contributed by atoms with Gasteiger partial charge in [0.2, 0.25) is 5.91 Å². The molecule has 0 bridgehead atoms. The van der Waals surface area contributed by atoms with Gasteiger partial charge in [-0.1, -0.05) is 11.6 Å². The molecule has 0 unspecified atom stereocenters. The highest BCUT2D eigenvalue weighted by Gasteiger charge is 2.33. The van der Waals surface area contributed by atoms with Gasteiger partial charge in [0, 0.05) is 24.7 Å². The molecule has 1 fully saturated rings. The van der Waals surface area contributed by atoms with Gasteiger partial charge in [0.05, 0.1) is 25.2 Å². The van der Waals surface area contributed by atoms with Crippen molar-refractivity contribution < 1.29 is 24.2 Å². The summed E-state index contributed by atoms with van der Waals surface area (Å²) in [4.78, 5) is 27.2. The van der Waals surface area contributed by atoms with E-state index in [9.17, 15) is 9.59 Å². The molecule has 2 atom stereocenters. The molecule has 1 amide bonds. The molecule has 1 N–H and O–H groups in total. The lowest BCUT2D eigenvalue weighted by molar-refractivity contribution is -0.146. The normalized spacial score (nSPS) is 22.7. The number of morpholine rings is 1. The number of hydrogen-bond acceptors (Lipinski definition) is 5. The number of likely N-dealkylation sites (N-methyl/N-ethyl adjacent to an activating group) is 1. The number of carboxylic acids is 1. The van der Waals surface area contributed by atoms with Gasteiger partial charge in [-0.25, -0.2) is 0 Å². The number of aliphatic carboxylic acids is 1. The maximum atomic E-state index is 12.9. The zero-order valence-corrected chi connectivity index (χ0v) is 15.4. The van der Waals surface area contributed by atoms with Crippen LogP contribution in [0.15, 0.2) is 18.2 Å². The van der Waals surface area contributed by atoms with Crippen LogP contribution in [0.4, 0.5) is 0 Å². The summed E-state index contributed by atoms with van der Waals surface area (Å²) in [5.41, 5.74) is 0.952. The summed E-state index contributed by atoms with van der Waals surface area (Å²) in [6.07, 6.45) is 0.415. The van der Waals surface area contributed by atoms with Crippen LogP contribution < -0.4 is 4.74 Å². The van der Waals surface area contributed by atoms with Crippen LogP contribution in [0, 0.1) is 5.92 Å². The molecule has 2 aliphatic heterocycles. The number of carbonyl (C=O) groups is 2. The topological polar surface area (TPSA) is 79.3 Å². The van der Waals surface area contributed by atoms with E-state index in [0.717, 1.165) is 11.3 Å². The number of fused-ring (bicyclic) bond motifs is 1. The maximum absolute atomic E-state index is 12.9. The van der Waals surface area contributed by atoms with Crippen molar-refractivity contribution in [3.63, 3.8) is 0 Å². The molecule has 1 aromatic rings. The van der Waals surface area contributed by atoms with Gasteiger partial charge in [-0.05, 0) is 37.2 Å². The quantitative estimate of drug-likeness (QED) is 0.822. The predicted octanol–water partition coefficient (Wildman–Crippen LogP) is 1.13. The average molecular weight is 383 g/mol. The van der Waals surface area contributed by atoms with Crippen LogP contribution in [-0.2, 0) is 20.7 Å². The summed E-state index contributed by atoms with van der Waals surface area (Å²) in [5.74, 6) is -0.289. The first-order chi connectivity index (χ1) is 12.4. The van der Waals surface area contributed by atoms with Crippen molar-refractivity contribution in [2.45, 2.75) is 12.5 Å². The Morgan fingerprint density at radius 3 is 3.00 bits per heavy atom. The molecule has 2 aliphatic rings. The first kappa shape index (κ1) is 18.9. The number of nitrogens with zero attached hydrogens (tertiary/aromatic N) is 2. The molecule has 26 heavy (non-hydrogen) atoms. The largest absolute Gasteiger partial charge is 0.492 e. The van der Waals surface area contributed by atoms with E-state index in [2.05, 4.69) is 0 Å². The molecule has 0 aliphatic carbocycles. The first-order valence-corrected chi connectivity index (χ1v) is 9.02. The van der Waals surface area contributed by atoms with Crippen molar-refractivity contribution in [2.24, 2.45) is 5.92 Å². The molecular formula is C18H23ClN2O5. The second-order valence-electron chi connectivity index (χ2n) is 6.83. The number of amides is 1. The van der Waals surface area contributed by atoms with Crippen LogP contribution in [0.3, 0.4) is 0 Å². The summed E-state index contributed by atoms with van der Waals surface area (Å²) in [6.45, 7) is 2.22. The Morgan fingerprint density at radius 1 is 1.42 bits per heavy atom. The number of carbonyl (C=O) groups excluding carboxylic acids is 1. The molecule has 2 heterocycles. The van der Waals surface area contributed by atoms with E-state index >= 15 is 0 Å². The fourth-order valence-electron chi connectivity index (χ4n) is 3.45. The third-order valence-electron chi connectivity index (χ3n) is 4.65. The van der Waals surface area contributed by atoms with Gasteiger partial charge in [-0.2, -0.15) is 0 Å². The molecule has 0 spiro atoms. The summed E-state index contributed by atoms with van der Waals surface area (Å²) >= 11 is 6.04. The monoisotopic (exact) mass is 382 g/mol. The van der Waals surface area contributed by atoms with E-state index in [1.807, 2.05) is 12.1 Å². The van der Waals surface area contributed by atoms with Crippen molar-refractivity contribution in [3.05, 3.63) is 28.8 Å². The van der Waals surface area contributed by atoms with Crippen LogP contribution in [0.5, 0.6) is 5.75 Å². The van der Waals surface area contributed by atoms with Crippen LogP contribution in [0.1, 0.15) is 5.56 Å². The molecule has 8 heteroatoms. The maximum Gasteiger partial charge on any atom is 0.317 e. The van der Waals surface area contributed by atoms with E-state index in [0.29, 0.717) is 44.3 Å². The fraction of sp³-hybridized carbons (Fsp3) is 0.556. The number of benzene rings is 1. The lowest BCUT2D eigenvalue weighted by Crippen LogP contribution is -2.52. The molecule has 1 saturated heterocycles. The molecule has 0 saturated carbocycles.